The summed E-state index contributed by atoms with van der Waals surface area (Å²) in [6.45, 7) is 0. The lowest BCUT2D eigenvalue weighted by atomic mass is 9.67. The Bertz CT molecular complexity index is 4150. The Morgan fingerprint density at radius 3 is 1.63 bits per heavy atom. The van der Waals surface area contributed by atoms with Crippen LogP contribution in [0.25, 0.3) is 88.3 Å². The fourth-order valence-electron chi connectivity index (χ4n) is 11.9. The van der Waals surface area contributed by atoms with Gasteiger partial charge < -0.3 is 9.32 Å². The van der Waals surface area contributed by atoms with Crippen LogP contribution in [0.15, 0.2) is 290 Å². The predicted octanol–water partition coefficient (Wildman–Crippen LogP) is 19.2. The topological polar surface area (TPSA) is 16.4 Å². The van der Waals surface area contributed by atoms with Crippen LogP contribution in [0.5, 0.6) is 0 Å². The summed E-state index contributed by atoms with van der Waals surface area (Å²) in [5.74, 6) is 0. The molecule has 13 aromatic rings. The number of benzene rings is 12. The third kappa shape index (κ3) is 6.94. The minimum Gasteiger partial charge on any atom is -0.455 e. The first-order chi connectivity index (χ1) is 36.2. The van der Waals surface area contributed by atoms with Crippen LogP contribution in [0.4, 0.5) is 17.1 Å². The molecule has 0 aliphatic heterocycles. The normalized spacial score (nSPS) is 12.5. The van der Waals surface area contributed by atoms with E-state index in [1.165, 1.54) is 66.4 Å². The van der Waals surface area contributed by atoms with Gasteiger partial charge >= 0.3 is 0 Å². The number of rotatable bonds is 9. The Morgan fingerprint density at radius 1 is 0.301 bits per heavy atom. The summed E-state index contributed by atoms with van der Waals surface area (Å²) in [6, 6.07) is 104. The van der Waals surface area contributed by atoms with Crippen LogP contribution < -0.4 is 4.90 Å². The molecule has 0 unspecified atom stereocenters. The average Bonchev–Trinajstić information content (AvgIpc) is 4.03. The summed E-state index contributed by atoms with van der Waals surface area (Å²) in [7, 11) is 0. The van der Waals surface area contributed by atoms with Gasteiger partial charge in [0, 0.05) is 33.3 Å². The molecule has 1 aromatic heterocycles. The van der Waals surface area contributed by atoms with Crippen molar-refractivity contribution in [3.63, 3.8) is 0 Å². The van der Waals surface area contributed by atoms with Gasteiger partial charge in [-0.3, -0.25) is 0 Å². The minimum absolute atomic E-state index is 0.497. The smallest absolute Gasteiger partial charge is 0.143 e. The third-order valence-corrected chi connectivity index (χ3v) is 15.2. The van der Waals surface area contributed by atoms with E-state index in [9.17, 15) is 0 Å². The summed E-state index contributed by atoms with van der Waals surface area (Å²) in [4.78, 5) is 2.42. The van der Waals surface area contributed by atoms with Crippen molar-refractivity contribution in [2.45, 2.75) is 5.41 Å². The van der Waals surface area contributed by atoms with Crippen molar-refractivity contribution in [1.82, 2.24) is 0 Å². The molecule has 0 fully saturated rings. The quantitative estimate of drug-likeness (QED) is 0.143. The zero-order chi connectivity index (χ0) is 48.3. The summed E-state index contributed by atoms with van der Waals surface area (Å²) in [6.07, 6.45) is 0. The fraction of sp³-hybridized carbons (Fsp3) is 0.0141. The summed E-state index contributed by atoms with van der Waals surface area (Å²) >= 11 is 0. The summed E-state index contributed by atoms with van der Waals surface area (Å²) < 4.78 is 6.71. The van der Waals surface area contributed by atoms with Crippen LogP contribution in [-0.4, -0.2) is 0 Å². The van der Waals surface area contributed by atoms with Crippen molar-refractivity contribution in [1.29, 1.82) is 0 Å². The maximum Gasteiger partial charge on any atom is 0.143 e. The predicted molar refractivity (Wildman–Crippen MR) is 305 cm³/mol. The van der Waals surface area contributed by atoms with E-state index in [0.29, 0.717) is 0 Å². The van der Waals surface area contributed by atoms with Crippen LogP contribution in [0, 0.1) is 0 Å². The van der Waals surface area contributed by atoms with E-state index in [4.69, 9.17) is 4.42 Å². The molecule has 0 saturated heterocycles. The molecule has 0 N–H and O–H groups in total. The van der Waals surface area contributed by atoms with Crippen molar-refractivity contribution in [3.8, 4) is 55.6 Å². The molecule has 14 rings (SSSR count). The molecule has 0 atom stereocenters. The lowest BCUT2D eigenvalue weighted by Gasteiger charge is -2.34. The molecule has 342 valence electrons. The fourth-order valence-corrected chi connectivity index (χ4v) is 11.9. The summed E-state index contributed by atoms with van der Waals surface area (Å²) in [5, 5.41) is 4.72. The molecule has 0 saturated carbocycles. The molecule has 0 amide bonds. The van der Waals surface area contributed by atoms with Gasteiger partial charge in [-0.05, 0) is 120 Å². The van der Waals surface area contributed by atoms with E-state index < -0.39 is 5.41 Å². The molecule has 2 heteroatoms. The van der Waals surface area contributed by atoms with Crippen LogP contribution in [0.3, 0.4) is 0 Å². The van der Waals surface area contributed by atoms with E-state index in [0.717, 1.165) is 61.3 Å². The van der Waals surface area contributed by atoms with E-state index >= 15 is 0 Å². The molecule has 1 aliphatic carbocycles. The Balaban J connectivity index is 0.923. The number of hydrogen-bond donors (Lipinski definition) is 0. The number of furan rings is 1. The molecule has 73 heavy (non-hydrogen) atoms. The van der Waals surface area contributed by atoms with Crippen LogP contribution in [0.2, 0.25) is 0 Å². The first-order valence-electron chi connectivity index (χ1n) is 25.2. The second kappa shape index (κ2) is 17.4. The van der Waals surface area contributed by atoms with Crippen molar-refractivity contribution in [2.24, 2.45) is 0 Å². The highest BCUT2D eigenvalue weighted by Crippen LogP contribution is 2.58. The Kier molecular flexibility index (Phi) is 10.1. The zero-order valence-corrected chi connectivity index (χ0v) is 40.0. The first kappa shape index (κ1) is 42.4. The van der Waals surface area contributed by atoms with Crippen molar-refractivity contribution < 1.29 is 4.42 Å². The van der Waals surface area contributed by atoms with Gasteiger partial charge in [0.2, 0.25) is 0 Å². The first-order valence-corrected chi connectivity index (χ1v) is 25.2. The largest absolute Gasteiger partial charge is 0.455 e. The molecule has 2 nitrogen and oxygen atoms in total. The molecule has 12 aromatic carbocycles. The van der Waals surface area contributed by atoms with E-state index in [-0.39, 0.29) is 0 Å². The maximum absolute atomic E-state index is 6.71. The number of para-hydroxylation sites is 3. The minimum atomic E-state index is -0.497. The highest BCUT2D eigenvalue weighted by molar-refractivity contribution is 6.11. The van der Waals surface area contributed by atoms with Gasteiger partial charge in [0.15, 0.2) is 0 Å². The Morgan fingerprint density at radius 2 is 0.849 bits per heavy atom. The number of nitrogens with zero attached hydrogens (tertiary/aromatic N) is 1. The maximum atomic E-state index is 6.71. The molecular weight excluding hydrogens is 883 g/mol. The van der Waals surface area contributed by atoms with E-state index in [1.807, 2.05) is 6.07 Å². The van der Waals surface area contributed by atoms with Gasteiger partial charge in [0.25, 0.3) is 0 Å². The molecule has 1 heterocycles. The lowest BCUT2D eigenvalue weighted by molar-refractivity contribution is 0.670. The van der Waals surface area contributed by atoms with Gasteiger partial charge in [-0.25, -0.2) is 0 Å². The molecule has 0 radical (unpaired) electrons. The molecule has 1 aliphatic rings. The van der Waals surface area contributed by atoms with Gasteiger partial charge in [0.05, 0.1) is 11.1 Å². The zero-order valence-electron chi connectivity index (χ0n) is 40.0. The van der Waals surface area contributed by atoms with Crippen LogP contribution in [0.1, 0.15) is 22.3 Å². The van der Waals surface area contributed by atoms with E-state index in [2.05, 4.69) is 284 Å². The van der Waals surface area contributed by atoms with Gasteiger partial charge in [-0.1, -0.05) is 243 Å². The van der Waals surface area contributed by atoms with Gasteiger partial charge in [-0.15, -0.1) is 0 Å². The second-order valence-corrected chi connectivity index (χ2v) is 19.1. The third-order valence-electron chi connectivity index (χ3n) is 15.2. The van der Waals surface area contributed by atoms with E-state index in [1.54, 1.807) is 0 Å². The van der Waals surface area contributed by atoms with Gasteiger partial charge in [-0.2, -0.15) is 0 Å². The number of fused-ring (bicyclic) bond motifs is 7. The standard InChI is InChI=1S/C71H47NO/c1-3-21-55(22-4-1)71(56-23-5-2-6-24-56)65-32-12-9-28-64(65)69-59(29-17-33-66(69)71)54-20-15-25-58(47-54)72(67-34-13-10-26-60(67)62-30-16-31-63-61-27-11-14-35-68(61)73-70(62)63)57-44-42-50(43-45-57)49-36-38-51(39-37-49)53-41-40-48-18-7-8-19-52(48)46-53/h1-47H. The number of anilines is 3. The van der Waals surface area contributed by atoms with Crippen molar-refractivity contribution >= 4 is 49.8 Å². The highest BCUT2D eigenvalue weighted by atomic mass is 16.3. The van der Waals surface area contributed by atoms with Gasteiger partial charge in [0.1, 0.15) is 11.2 Å². The lowest BCUT2D eigenvalue weighted by Crippen LogP contribution is -2.28. The SMILES string of the molecule is c1ccc(C2(c3ccccc3)c3ccccc3-c3c(-c4cccc(N(c5ccc(-c6ccc(-c7ccc8ccccc8c7)cc6)cc5)c5ccccc5-c5cccc6c5oc5ccccc56)c4)cccc32)cc1. The molecule has 0 spiro atoms. The Labute approximate surface area is 425 Å². The van der Waals surface area contributed by atoms with Crippen LogP contribution >= 0.6 is 0 Å². The number of hydrogen-bond acceptors (Lipinski definition) is 2. The van der Waals surface area contributed by atoms with Crippen molar-refractivity contribution in [3.05, 3.63) is 307 Å². The average molecular weight is 930 g/mol. The van der Waals surface area contributed by atoms with Crippen molar-refractivity contribution in [2.75, 3.05) is 4.90 Å². The van der Waals surface area contributed by atoms with Crippen LogP contribution in [-0.2, 0) is 5.41 Å². The summed E-state index contributed by atoms with van der Waals surface area (Å²) in [5.41, 5.74) is 21.2. The second-order valence-electron chi connectivity index (χ2n) is 19.1. The monoisotopic (exact) mass is 929 g/mol. The molecular formula is C71H47NO. The molecule has 0 bridgehead atoms. The Hall–Kier alpha value is -9.50. The highest BCUT2D eigenvalue weighted by Gasteiger charge is 2.46.